The Morgan fingerprint density at radius 1 is 1.14 bits per heavy atom. The molecule has 2 saturated carbocycles. The molecule has 0 unspecified atom stereocenters. The fraction of sp³-hybridized carbons (Fsp3) is 0.609. The summed E-state index contributed by atoms with van der Waals surface area (Å²) in [5.41, 5.74) is 2.01. The molecule has 0 N–H and O–H groups in total. The Labute approximate surface area is 166 Å². The molecule has 3 fully saturated rings. The predicted octanol–water partition coefficient (Wildman–Crippen LogP) is 4.21. The van der Waals surface area contributed by atoms with E-state index in [9.17, 15) is 4.39 Å². The molecule has 2 aromatic rings. The van der Waals surface area contributed by atoms with Gasteiger partial charge in [-0.1, -0.05) is 18.2 Å². The molecule has 1 aromatic heterocycles. The highest BCUT2D eigenvalue weighted by Crippen LogP contribution is 2.43. The van der Waals surface area contributed by atoms with Gasteiger partial charge in [0.1, 0.15) is 5.82 Å². The summed E-state index contributed by atoms with van der Waals surface area (Å²) in [5.74, 6) is 1.97. The molecule has 0 bridgehead atoms. The van der Waals surface area contributed by atoms with Crippen molar-refractivity contribution in [1.82, 2.24) is 14.7 Å². The van der Waals surface area contributed by atoms with E-state index in [0.29, 0.717) is 24.4 Å². The number of nitrogens with zero attached hydrogens (tertiary/aromatic N) is 3. The Morgan fingerprint density at radius 2 is 1.93 bits per heavy atom. The molecule has 0 spiro atoms. The van der Waals surface area contributed by atoms with Crippen molar-refractivity contribution in [1.29, 1.82) is 0 Å². The Kier molecular flexibility index (Phi) is 4.97. The SMILES string of the molecule is Cc1cnn([C@H]2C[C@H]3CN(Cc4ccccc4F)C[C@H]3C[C@@H]2OCC2CC2)c1. The van der Waals surface area contributed by atoms with Gasteiger partial charge in [-0.3, -0.25) is 9.58 Å². The van der Waals surface area contributed by atoms with Crippen molar-refractivity contribution < 1.29 is 9.13 Å². The van der Waals surface area contributed by atoms with Crippen molar-refractivity contribution in [2.24, 2.45) is 17.8 Å². The highest BCUT2D eigenvalue weighted by atomic mass is 19.1. The van der Waals surface area contributed by atoms with E-state index in [1.54, 1.807) is 12.1 Å². The summed E-state index contributed by atoms with van der Waals surface area (Å²) in [5, 5.41) is 4.62. The van der Waals surface area contributed by atoms with Gasteiger partial charge in [-0.2, -0.15) is 5.10 Å². The van der Waals surface area contributed by atoms with Crippen molar-refractivity contribution in [3.63, 3.8) is 0 Å². The Hall–Kier alpha value is -1.72. The number of fused-ring (bicyclic) bond motifs is 1. The lowest BCUT2D eigenvalue weighted by atomic mass is 9.77. The summed E-state index contributed by atoms with van der Waals surface area (Å²) >= 11 is 0. The Morgan fingerprint density at radius 3 is 2.64 bits per heavy atom. The van der Waals surface area contributed by atoms with Crippen molar-refractivity contribution >= 4 is 0 Å². The number of ether oxygens (including phenoxy) is 1. The third-order valence-corrected chi connectivity index (χ3v) is 6.83. The van der Waals surface area contributed by atoms with Gasteiger partial charge in [0.05, 0.1) is 18.3 Å². The standard InChI is InChI=1S/C23H30FN3O/c1-16-10-25-27(11-16)22-8-19-13-26(12-18-4-2-3-5-21(18)24)14-20(19)9-23(22)28-15-17-6-7-17/h2-5,10-11,17,19-20,22-23H,6-9,12-15H2,1H3/t19-,20+,22-,23-/m0/s1. The summed E-state index contributed by atoms with van der Waals surface area (Å²) in [6, 6.07) is 7.49. The monoisotopic (exact) mass is 383 g/mol. The number of likely N-dealkylation sites (tertiary alicyclic amines) is 1. The van der Waals surface area contributed by atoms with Gasteiger partial charge in [-0.05, 0) is 62.0 Å². The number of hydrogen-bond donors (Lipinski definition) is 0. The Balaban J connectivity index is 1.29. The molecule has 2 heterocycles. The molecular weight excluding hydrogens is 353 g/mol. The van der Waals surface area contributed by atoms with E-state index >= 15 is 0 Å². The molecule has 5 rings (SSSR count). The van der Waals surface area contributed by atoms with Crippen LogP contribution in [0.1, 0.15) is 42.9 Å². The minimum atomic E-state index is -0.0899. The van der Waals surface area contributed by atoms with Crippen LogP contribution in [0.25, 0.3) is 0 Å². The van der Waals surface area contributed by atoms with Crippen LogP contribution in [0.4, 0.5) is 4.39 Å². The van der Waals surface area contributed by atoms with Crippen molar-refractivity contribution in [2.45, 2.75) is 51.3 Å². The molecule has 1 saturated heterocycles. The number of hydrogen-bond acceptors (Lipinski definition) is 3. The first-order chi connectivity index (χ1) is 13.7. The second kappa shape index (κ2) is 7.60. The molecule has 0 radical (unpaired) electrons. The highest BCUT2D eigenvalue weighted by Gasteiger charge is 2.44. The van der Waals surface area contributed by atoms with E-state index in [1.807, 2.05) is 18.3 Å². The lowest BCUT2D eigenvalue weighted by Gasteiger charge is -2.38. The van der Waals surface area contributed by atoms with E-state index in [-0.39, 0.29) is 11.9 Å². The summed E-state index contributed by atoms with van der Waals surface area (Å²) in [6.07, 6.45) is 9.19. The van der Waals surface area contributed by atoms with Crippen LogP contribution in [0.5, 0.6) is 0 Å². The zero-order valence-electron chi connectivity index (χ0n) is 16.6. The molecular formula is C23H30FN3O. The maximum Gasteiger partial charge on any atom is 0.127 e. The molecule has 4 nitrogen and oxygen atoms in total. The average Bonchev–Trinajstić information content (AvgIpc) is 3.28. The van der Waals surface area contributed by atoms with Crippen LogP contribution in [0.3, 0.4) is 0 Å². The minimum absolute atomic E-state index is 0.0899. The largest absolute Gasteiger partial charge is 0.376 e. The van der Waals surface area contributed by atoms with Gasteiger partial charge >= 0.3 is 0 Å². The predicted molar refractivity (Wildman–Crippen MR) is 106 cm³/mol. The first kappa shape index (κ1) is 18.3. The molecule has 4 atom stereocenters. The normalized spacial score (nSPS) is 30.5. The third kappa shape index (κ3) is 3.87. The first-order valence-corrected chi connectivity index (χ1v) is 10.7. The smallest absolute Gasteiger partial charge is 0.127 e. The quantitative estimate of drug-likeness (QED) is 0.749. The topological polar surface area (TPSA) is 30.3 Å². The Bertz CT molecular complexity index is 818. The summed E-state index contributed by atoms with van der Waals surface area (Å²) in [7, 11) is 0. The summed E-state index contributed by atoms with van der Waals surface area (Å²) in [6.45, 7) is 5.80. The maximum absolute atomic E-state index is 14.1. The first-order valence-electron chi connectivity index (χ1n) is 10.7. The van der Waals surface area contributed by atoms with Crippen LogP contribution in [-0.4, -0.2) is 40.5 Å². The summed E-state index contributed by atoms with van der Waals surface area (Å²) in [4.78, 5) is 2.43. The van der Waals surface area contributed by atoms with Gasteiger partial charge in [-0.25, -0.2) is 4.39 Å². The lowest BCUT2D eigenvalue weighted by molar-refractivity contribution is -0.0371. The molecule has 5 heteroatoms. The fourth-order valence-electron chi connectivity index (χ4n) is 5.10. The highest BCUT2D eigenvalue weighted by molar-refractivity contribution is 5.17. The number of aromatic nitrogens is 2. The molecule has 150 valence electrons. The van der Waals surface area contributed by atoms with Crippen LogP contribution in [0, 0.1) is 30.5 Å². The van der Waals surface area contributed by atoms with Crippen molar-refractivity contribution in [3.05, 3.63) is 53.6 Å². The molecule has 1 aliphatic heterocycles. The van der Waals surface area contributed by atoms with Gasteiger partial charge in [-0.15, -0.1) is 0 Å². The number of aryl methyl sites for hydroxylation is 1. The van der Waals surface area contributed by atoms with E-state index < -0.39 is 0 Å². The van der Waals surface area contributed by atoms with Gasteiger partial charge in [0.25, 0.3) is 0 Å². The zero-order chi connectivity index (χ0) is 19.1. The maximum atomic E-state index is 14.1. The summed E-state index contributed by atoms with van der Waals surface area (Å²) < 4.78 is 22.7. The van der Waals surface area contributed by atoms with Crippen LogP contribution in [0.2, 0.25) is 0 Å². The molecule has 2 aliphatic carbocycles. The van der Waals surface area contributed by atoms with E-state index in [1.165, 1.54) is 18.4 Å². The van der Waals surface area contributed by atoms with Crippen LogP contribution >= 0.6 is 0 Å². The van der Waals surface area contributed by atoms with Crippen LogP contribution in [0.15, 0.2) is 36.7 Å². The zero-order valence-corrected chi connectivity index (χ0v) is 16.6. The van der Waals surface area contributed by atoms with Crippen molar-refractivity contribution in [2.75, 3.05) is 19.7 Å². The minimum Gasteiger partial charge on any atom is -0.376 e. The average molecular weight is 384 g/mol. The molecule has 0 amide bonds. The van der Waals surface area contributed by atoms with Gasteiger partial charge in [0.2, 0.25) is 0 Å². The van der Waals surface area contributed by atoms with Gasteiger partial charge in [0, 0.05) is 38.0 Å². The lowest BCUT2D eigenvalue weighted by Crippen LogP contribution is -2.38. The van der Waals surface area contributed by atoms with Gasteiger partial charge < -0.3 is 4.74 Å². The van der Waals surface area contributed by atoms with Crippen LogP contribution < -0.4 is 0 Å². The molecule has 28 heavy (non-hydrogen) atoms. The van der Waals surface area contributed by atoms with Gasteiger partial charge in [0.15, 0.2) is 0 Å². The second-order valence-electron chi connectivity index (χ2n) is 9.16. The van der Waals surface area contributed by atoms with E-state index in [2.05, 4.69) is 27.8 Å². The van der Waals surface area contributed by atoms with Crippen LogP contribution in [-0.2, 0) is 11.3 Å². The fourth-order valence-corrected chi connectivity index (χ4v) is 5.10. The number of rotatable bonds is 6. The molecule has 1 aromatic carbocycles. The number of halogens is 1. The van der Waals surface area contributed by atoms with E-state index in [4.69, 9.17) is 4.74 Å². The third-order valence-electron chi connectivity index (χ3n) is 6.83. The number of benzene rings is 1. The van der Waals surface area contributed by atoms with Crippen molar-refractivity contribution in [3.8, 4) is 0 Å². The van der Waals surface area contributed by atoms with E-state index in [0.717, 1.165) is 44.0 Å². The second-order valence-corrected chi connectivity index (χ2v) is 9.16. The molecule has 3 aliphatic rings.